The number of nitrogens with zero attached hydrogens (tertiary/aromatic N) is 1. The maximum absolute atomic E-state index is 13.5. The van der Waals surface area contributed by atoms with Crippen molar-refractivity contribution in [3.8, 4) is 0 Å². The van der Waals surface area contributed by atoms with E-state index < -0.39 is 0 Å². The van der Waals surface area contributed by atoms with Crippen LogP contribution in [0.2, 0.25) is 0 Å². The summed E-state index contributed by atoms with van der Waals surface area (Å²) in [7, 11) is 0. The molecule has 130 valence electrons. The van der Waals surface area contributed by atoms with Gasteiger partial charge in [0.1, 0.15) is 5.82 Å². The Labute approximate surface area is 146 Å². The van der Waals surface area contributed by atoms with Gasteiger partial charge in [-0.05, 0) is 36.1 Å². The first-order valence-corrected chi connectivity index (χ1v) is 8.53. The van der Waals surface area contributed by atoms with Gasteiger partial charge < -0.3 is 10.2 Å². The number of amides is 2. The monoisotopic (exact) mass is 340 g/mol. The summed E-state index contributed by atoms with van der Waals surface area (Å²) in [6.07, 6.45) is 1.86. The molecule has 0 spiro atoms. The van der Waals surface area contributed by atoms with Gasteiger partial charge in [0.05, 0.1) is 0 Å². The van der Waals surface area contributed by atoms with Gasteiger partial charge in [-0.1, -0.05) is 36.4 Å². The van der Waals surface area contributed by atoms with Gasteiger partial charge in [-0.2, -0.15) is 0 Å². The van der Waals surface area contributed by atoms with Crippen LogP contribution in [0.1, 0.15) is 24.0 Å². The summed E-state index contributed by atoms with van der Waals surface area (Å²) in [6, 6.07) is 14.3. The number of rotatable bonds is 6. The van der Waals surface area contributed by atoms with Crippen molar-refractivity contribution in [1.29, 1.82) is 0 Å². The summed E-state index contributed by atoms with van der Waals surface area (Å²) in [6.45, 7) is 0.831. The van der Waals surface area contributed by atoms with Gasteiger partial charge in [-0.3, -0.25) is 9.59 Å². The maximum atomic E-state index is 13.5. The van der Waals surface area contributed by atoms with Crippen LogP contribution in [0.25, 0.3) is 0 Å². The summed E-state index contributed by atoms with van der Waals surface area (Å²) in [4.78, 5) is 25.8. The fourth-order valence-corrected chi connectivity index (χ4v) is 3.09. The highest BCUT2D eigenvalue weighted by molar-refractivity contribution is 5.96. The highest BCUT2D eigenvalue weighted by atomic mass is 19.1. The number of anilines is 1. The number of aryl methyl sites for hydroxylation is 2. The molecule has 25 heavy (non-hydrogen) atoms. The largest absolute Gasteiger partial charge is 0.354 e. The first kappa shape index (κ1) is 17.1. The number of hydrogen-bond donors (Lipinski definition) is 1. The number of para-hydroxylation sites is 1. The molecule has 0 radical (unpaired) electrons. The van der Waals surface area contributed by atoms with Gasteiger partial charge >= 0.3 is 0 Å². The van der Waals surface area contributed by atoms with Gasteiger partial charge in [0.2, 0.25) is 11.8 Å². The molecule has 2 aromatic rings. The van der Waals surface area contributed by atoms with E-state index in [1.54, 1.807) is 23.1 Å². The van der Waals surface area contributed by atoms with Crippen LogP contribution in [-0.2, 0) is 22.4 Å². The van der Waals surface area contributed by atoms with Crippen molar-refractivity contribution in [2.24, 2.45) is 0 Å². The van der Waals surface area contributed by atoms with E-state index in [1.165, 1.54) is 6.07 Å². The van der Waals surface area contributed by atoms with Gasteiger partial charge in [0.15, 0.2) is 0 Å². The van der Waals surface area contributed by atoms with Gasteiger partial charge in [0, 0.05) is 31.6 Å². The molecule has 1 aliphatic rings. The van der Waals surface area contributed by atoms with Crippen molar-refractivity contribution in [3.05, 3.63) is 65.5 Å². The van der Waals surface area contributed by atoms with Crippen molar-refractivity contribution < 1.29 is 14.0 Å². The molecule has 0 fully saturated rings. The van der Waals surface area contributed by atoms with Crippen LogP contribution in [0.4, 0.5) is 10.1 Å². The minimum Gasteiger partial charge on any atom is -0.354 e. The maximum Gasteiger partial charge on any atom is 0.227 e. The van der Waals surface area contributed by atoms with Crippen LogP contribution in [0.15, 0.2) is 48.5 Å². The van der Waals surface area contributed by atoms with Crippen LogP contribution in [0.3, 0.4) is 0 Å². The predicted molar refractivity (Wildman–Crippen MR) is 94.8 cm³/mol. The quantitative estimate of drug-likeness (QED) is 0.879. The summed E-state index contributed by atoms with van der Waals surface area (Å²) in [5, 5.41) is 2.82. The lowest BCUT2D eigenvalue weighted by Crippen LogP contribution is -2.41. The molecule has 0 saturated heterocycles. The highest BCUT2D eigenvalue weighted by Gasteiger charge is 2.23. The molecular weight excluding hydrogens is 319 g/mol. The number of carbonyl (C=O) groups excluding carboxylic acids is 2. The van der Waals surface area contributed by atoms with E-state index in [1.807, 2.05) is 24.3 Å². The fourth-order valence-electron chi connectivity index (χ4n) is 3.09. The van der Waals surface area contributed by atoms with Crippen LogP contribution in [-0.4, -0.2) is 24.9 Å². The van der Waals surface area contributed by atoms with E-state index in [4.69, 9.17) is 0 Å². The van der Waals surface area contributed by atoms with Crippen molar-refractivity contribution in [3.63, 3.8) is 0 Å². The standard InChI is InChI=1S/C20H21FN2O2/c21-17-7-3-1-5-15(17)9-11-19(24)22-13-14-23-18-8-4-2-6-16(18)10-12-20(23)25/h1-8H,9-14H2,(H,22,24). The molecule has 1 heterocycles. The predicted octanol–water partition coefficient (Wildman–Crippen LogP) is 2.85. The molecule has 0 atom stereocenters. The second-order valence-electron chi connectivity index (χ2n) is 6.12. The number of carbonyl (C=O) groups is 2. The first-order valence-electron chi connectivity index (χ1n) is 8.53. The number of halogens is 1. The van der Waals surface area contributed by atoms with Gasteiger partial charge in [-0.15, -0.1) is 0 Å². The molecule has 1 N–H and O–H groups in total. The molecule has 0 aliphatic carbocycles. The molecule has 3 rings (SSSR count). The average molecular weight is 340 g/mol. The van der Waals surface area contributed by atoms with Crippen molar-refractivity contribution in [2.75, 3.05) is 18.0 Å². The van der Waals surface area contributed by atoms with Crippen molar-refractivity contribution in [1.82, 2.24) is 5.32 Å². The van der Waals surface area contributed by atoms with Crippen LogP contribution < -0.4 is 10.2 Å². The third kappa shape index (κ3) is 4.24. The molecule has 5 heteroatoms. The normalized spacial score (nSPS) is 13.5. The molecule has 1 aliphatic heterocycles. The Bertz CT molecular complexity index is 776. The highest BCUT2D eigenvalue weighted by Crippen LogP contribution is 2.26. The fraction of sp³-hybridized carbons (Fsp3) is 0.300. The zero-order valence-electron chi connectivity index (χ0n) is 14.0. The second-order valence-corrected chi connectivity index (χ2v) is 6.12. The Morgan fingerprint density at radius 3 is 2.68 bits per heavy atom. The molecule has 0 unspecified atom stereocenters. The Morgan fingerprint density at radius 2 is 1.84 bits per heavy atom. The van der Waals surface area contributed by atoms with Crippen molar-refractivity contribution >= 4 is 17.5 Å². The van der Waals surface area contributed by atoms with E-state index in [2.05, 4.69) is 5.32 Å². The molecule has 0 aromatic heterocycles. The molecule has 4 nitrogen and oxygen atoms in total. The van der Waals surface area contributed by atoms with Crippen LogP contribution in [0, 0.1) is 5.82 Å². The minimum absolute atomic E-state index is 0.0827. The first-order chi connectivity index (χ1) is 12.1. The minimum atomic E-state index is -0.286. The van der Waals surface area contributed by atoms with E-state index in [9.17, 15) is 14.0 Å². The zero-order chi connectivity index (χ0) is 17.6. The molecule has 0 bridgehead atoms. The Kier molecular flexibility index (Phi) is 5.43. The summed E-state index contributed by atoms with van der Waals surface area (Å²) in [5.41, 5.74) is 2.63. The lowest BCUT2D eigenvalue weighted by Gasteiger charge is -2.29. The Hall–Kier alpha value is -2.69. The smallest absolute Gasteiger partial charge is 0.227 e. The van der Waals surface area contributed by atoms with E-state index in [-0.39, 0.29) is 24.1 Å². The number of nitrogens with one attached hydrogen (secondary N) is 1. The molecule has 2 aromatic carbocycles. The molecular formula is C20H21FN2O2. The van der Waals surface area contributed by atoms with Crippen molar-refractivity contribution in [2.45, 2.75) is 25.7 Å². The van der Waals surface area contributed by atoms with E-state index in [0.29, 0.717) is 31.5 Å². The topological polar surface area (TPSA) is 49.4 Å². The summed E-state index contributed by atoms with van der Waals surface area (Å²) >= 11 is 0. The van der Waals surface area contributed by atoms with Crippen LogP contribution in [0.5, 0.6) is 0 Å². The van der Waals surface area contributed by atoms with Gasteiger partial charge in [0.25, 0.3) is 0 Å². The van der Waals surface area contributed by atoms with E-state index >= 15 is 0 Å². The number of hydrogen-bond acceptors (Lipinski definition) is 2. The summed E-state index contributed by atoms with van der Waals surface area (Å²) in [5.74, 6) is -0.342. The molecule has 2 amide bonds. The lowest BCUT2D eigenvalue weighted by atomic mass is 10.0. The van der Waals surface area contributed by atoms with E-state index in [0.717, 1.165) is 17.7 Å². The van der Waals surface area contributed by atoms with Gasteiger partial charge in [-0.25, -0.2) is 4.39 Å². The Balaban J connectivity index is 1.49. The van der Waals surface area contributed by atoms with Crippen LogP contribution >= 0.6 is 0 Å². The SMILES string of the molecule is O=C(CCc1ccccc1F)NCCN1C(=O)CCc2ccccc21. The Morgan fingerprint density at radius 1 is 1.08 bits per heavy atom. The third-order valence-corrected chi connectivity index (χ3v) is 4.43. The third-order valence-electron chi connectivity index (χ3n) is 4.43. The second kappa shape index (κ2) is 7.92. The average Bonchev–Trinajstić information content (AvgIpc) is 2.63. The number of fused-ring (bicyclic) bond motifs is 1. The number of benzene rings is 2. The lowest BCUT2D eigenvalue weighted by molar-refractivity contribution is -0.121. The zero-order valence-corrected chi connectivity index (χ0v) is 14.0. The summed E-state index contributed by atoms with van der Waals surface area (Å²) < 4.78 is 13.5. The molecule has 0 saturated carbocycles.